The second-order valence-electron chi connectivity index (χ2n) is 2.78. The van der Waals surface area contributed by atoms with Crippen molar-refractivity contribution in [2.75, 3.05) is 0 Å². The van der Waals surface area contributed by atoms with Crippen molar-refractivity contribution in [3.05, 3.63) is 12.2 Å². The summed E-state index contributed by atoms with van der Waals surface area (Å²) < 4.78 is 0. The van der Waals surface area contributed by atoms with Crippen LogP contribution < -0.4 is 10.2 Å². The van der Waals surface area contributed by atoms with Gasteiger partial charge in [0.1, 0.15) is 0 Å². The fourth-order valence-electron chi connectivity index (χ4n) is 1.34. The molecular formula is C8H8CoO4. The van der Waals surface area contributed by atoms with Gasteiger partial charge in [-0.15, -0.1) is 0 Å². The molecule has 0 aromatic heterocycles. The van der Waals surface area contributed by atoms with E-state index in [-0.39, 0.29) is 16.8 Å². The zero-order valence-corrected chi connectivity index (χ0v) is 7.73. The summed E-state index contributed by atoms with van der Waals surface area (Å²) in [6.45, 7) is 0. The molecule has 0 saturated heterocycles. The normalized spacial score (nSPS) is 26.2. The Morgan fingerprint density at radius 1 is 1.23 bits per heavy atom. The van der Waals surface area contributed by atoms with Gasteiger partial charge in [0, 0.05) is 23.8 Å². The van der Waals surface area contributed by atoms with Crippen molar-refractivity contribution in [2.45, 2.75) is 12.8 Å². The molecule has 0 heterocycles. The van der Waals surface area contributed by atoms with Crippen LogP contribution in [0.25, 0.3) is 0 Å². The fraction of sp³-hybridized carbons (Fsp3) is 0.500. The maximum Gasteiger partial charge on any atom is 2.00 e. The number of rotatable bonds is 2. The van der Waals surface area contributed by atoms with Gasteiger partial charge in [0.2, 0.25) is 0 Å². The third-order valence-corrected chi connectivity index (χ3v) is 2.00. The average Bonchev–Trinajstić information content (AvgIpc) is 2.04. The standard InChI is InChI=1S/C8H10O4.Co/c9-7(10)5-3-1-2-4-6(5)8(11)12;/h1,3,5-6H,2,4H2,(H,9,10)(H,11,12);/q;+2/p-2. The minimum absolute atomic E-state index is 0. The molecular weight excluding hydrogens is 219 g/mol. The molecule has 2 atom stereocenters. The van der Waals surface area contributed by atoms with E-state index in [2.05, 4.69) is 0 Å². The van der Waals surface area contributed by atoms with Crippen molar-refractivity contribution in [3.63, 3.8) is 0 Å². The summed E-state index contributed by atoms with van der Waals surface area (Å²) in [5.41, 5.74) is 0. The van der Waals surface area contributed by atoms with E-state index in [9.17, 15) is 19.8 Å². The van der Waals surface area contributed by atoms with Crippen molar-refractivity contribution < 1.29 is 36.6 Å². The molecule has 1 radical (unpaired) electrons. The second-order valence-corrected chi connectivity index (χ2v) is 2.78. The molecule has 0 fully saturated rings. The summed E-state index contributed by atoms with van der Waals surface area (Å²) in [7, 11) is 0. The first-order valence-corrected chi connectivity index (χ1v) is 3.71. The second kappa shape index (κ2) is 5.03. The quantitative estimate of drug-likeness (QED) is 0.514. The summed E-state index contributed by atoms with van der Waals surface area (Å²) >= 11 is 0. The molecule has 0 saturated carbocycles. The van der Waals surface area contributed by atoms with E-state index < -0.39 is 23.8 Å². The van der Waals surface area contributed by atoms with Crippen LogP contribution >= 0.6 is 0 Å². The predicted octanol–water partition coefficient (Wildman–Crippen LogP) is -1.93. The zero-order valence-electron chi connectivity index (χ0n) is 6.69. The maximum absolute atomic E-state index is 10.4. The van der Waals surface area contributed by atoms with E-state index in [1.807, 2.05) is 0 Å². The zero-order chi connectivity index (χ0) is 9.14. The van der Waals surface area contributed by atoms with Gasteiger partial charge in [-0.05, 0) is 12.8 Å². The number of hydrogen-bond donors (Lipinski definition) is 0. The Kier molecular flexibility index (Phi) is 4.72. The molecule has 2 unspecified atom stereocenters. The SMILES string of the molecule is O=C([O-])C1C=CCCC1C(=O)[O-].[Co+2]. The van der Waals surface area contributed by atoms with Crippen LogP contribution in [-0.4, -0.2) is 11.9 Å². The van der Waals surface area contributed by atoms with Crippen molar-refractivity contribution in [3.8, 4) is 0 Å². The van der Waals surface area contributed by atoms with Crippen molar-refractivity contribution in [1.29, 1.82) is 0 Å². The number of hydrogen-bond acceptors (Lipinski definition) is 4. The molecule has 0 amide bonds. The molecule has 0 aromatic carbocycles. The number of carboxylic acid groups (broad SMARTS) is 2. The van der Waals surface area contributed by atoms with Crippen LogP contribution in [0.15, 0.2) is 12.2 Å². The largest absolute Gasteiger partial charge is 2.00 e. The molecule has 73 valence electrons. The van der Waals surface area contributed by atoms with Crippen LogP contribution in [0.2, 0.25) is 0 Å². The van der Waals surface area contributed by atoms with Crippen LogP contribution in [0.1, 0.15) is 12.8 Å². The molecule has 0 aliphatic heterocycles. The number of allylic oxidation sites excluding steroid dienone is 1. The molecule has 0 bridgehead atoms. The van der Waals surface area contributed by atoms with Gasteiger partial charge in [-0.1, -0.05) is 12.2 Å². The monoisotopic (exact) mass is 227 g/mol. The summed E-state index contributed by atoms with van der Waals surface area (Å²) in [4.78, 5) is 20.8. The van der Waals surface area contributed by atoms with Crippen LogP contribution in [0, 0.1) is 11.8 Å². The van der Waals surface area contributed by atoms with Gasteiger partial charge in [-0.2, -0.15) is 0 Å². The van der Waals surface area contributed by atoms with Gasteiger partial charge in [0.25, 0.3) is 0 Å². The molecule has 4 nitrogen and oxygen atoms in total. The van der Waals surface area contributed by atoms with E-state index in [1.165, 1.54) is 6.08 Å². The average molecular weight is 227 g/mol. The molecule has 0 aromatic rings. The molecule has 1 rings (SSSR count). The first-order chi connectivity index (χ1) is 5.63. The summed E-state index contributed by atoms with van der Waals surface area (Å²) in [6.07, 6.45) is 3.92. The smallest absolute Gasteiger partial charge is 0.550 e. The Morgan fingerprint density at radius 2 is 1.85 bits per heavy atom. The first kappa shape index (κ1) is 12.2. The minimum atomic E-state index is -1.35. The van der Waals surface area contributed by atoms with Crippen LogP contribution in [0.5, 0.6) is 0 Å². The van der Waals surface area contributed by atoms with E-state index in [4.69, 9.17) is 0 Å². The molecule has 5 heteroatoms. The van der Waals surface area contributed by atoms with Crippen LogP contribution in [0.3, 0.4) is 0 Å². The van der Waals surface area contributed by atoms with Crippen molar-refractivity contribution in [1.82, 2.24) is 0 Å². The van der Waals surface area contributed by atoms with Crippen molar-refractivity contribution in [2.24, 2.45) is 11.8 Å². The topological polar surface area (TPSA) is 80.3 Å². The fourth-order valence-corrected chi connectivity index (χ4v) is 1.34. The minimum Gasteiger partial charge on any atom is -0.550 e. The number of carbonyl (C=O) groups is 2. The first-order valence-electron chi connectivity index (χ1n) is 3.71. The van der Waals surface area contributed by atoms with Gasteiger partial charge in [-0.25, -0.2) is 0 Å². The Balaban J connectivity index is 0.00000144. The molecule has 1 aliphatic rings. The summed E-state index contributed by atoms with van der Waals surface area (Å²) in [6, 6.07) is 0. The molecule has 1 aliphatic carbocycles. The molecule has 13 heavy (non-hydrogen) atoms. The van der Waals surface area contributed by atoms with E-state index in [0.29, 0.717) is 12.8 Å². The van der Waals surface area contributed by atoms with E-state index >= 15 is 0 Å². The number of carboxylic acids is 2. The van der Waals surface area contributed by atoms with Crippen LogP contribution in [-0.2, 0) is 26.4 Å². The predicted molar refractivity (Wildman–Crippen MR) is 35.4 cm³/mol. The van der Waals surface area contributed by atoms with Crippen LogP contribution in [0.4, 0.5) is 0 Å². The summed E-state index contributed by atoms with van der Waals surface area (Å²) in [5, 5.41) is 20.8. The Hall–Kier alpha value is -0.814. The third kappa shape index (κ3) is 2.85. The van der Waals surface area contributed by atoms with Gasteiger partial charge < -0.3 is 19.8 Å². The van der Waals surface area contributed by atoms with Gasteiger partial charge >= 0.3 is 16.8 Å². The van der Waals surface area contributed by atoms with Gasteiger partial charge in [-0.3, -0.25) is 0 Å². The Morgan fingerprint density at radius 3 is 2.23 bits per heavy atom. The molecule has 0 spiro atoms. The maximum atomic E-state index is 10.4. The van der Waals surface area contributed by atoms with Gasteiger partial charge in [0.15, 0.2) is 0 Å². The van der Waals surface area contributed by atoms with Crippen molar-refractivity contribution >= 4 is 11.9 Å². The number of aliphatic carboxylic acids is 2. The Labute approximate surface area is 85.8 Å². The molecule has 0 N–H and O–H groups in total. The van der Waals surface area contributed by atoms with E-state index in [0.717, 1.165) is 0 Å². The third-order valence-electron chi connectivity index (χ3n) is 2.00. The number of carbonyl (C=O) groups excluding carboxylic acids is 2. The van der Waals surface area contributed by atoms with E-state index in [1.54, 1.807) is 6.08 Å². The Bertz CT molecular complexity index is 236. The summed E-state index contributed by atoms with van der Waals surface area (Å²) in [5.74, 6) is -4.61. The van der Waals surface area contributed by atoms with Gasteiger partial charge in [0.05, 0.1) is 0 Å².